The molecule has 4 rings (SSSR count). The lowest BCUT2D eigenvalue weighted by atomic mass is 10.3. The second kappa shape index (κ2) is 8.57. The zero-order valence-corrected chi connectivity index (χ0v) is 16.8. The van der Waals surface area contributed by atoms with Gasteiger partial charge in [0.05, 0.1) is 31.6 Å². The number of anilines is 4. The van der Waals surface area contributed by atoms with Gasteiger partial charge < -0.3 is 15.0 Å². The van der Waals surface area contributed by atoms with Crippen LogP contribution in [0.25, 0.3) is 0 Å². The second-order valence-corrected chi connectivity index (χ2v) is 7.64. The molecular weight excluding hydrogens is 397 g/mol. The van der Waals surface area contributed by atoms with Crippen LogP contribution in [-0.4, -0.2) is 56.2 Å². The summed E-state index contributed by atoms with van der Waals surface area (Å²) in [5.74, 6) is 1.22. The molecule has 2 N–H and O–H groups in total. The third-order valence-corrected chi connectivity index (χ3v) is 4.96. The summed E-state index contributed by atoms with van der Waals surface area (Å²) in [6.45, 7) is 6.44. The van der Waals surface area contributed by atoms with Gasteiger partial charge >= 0.3 is 0 Å². The molecule has 3 aromatic heterocycles. The fourth-order valence-electron chi connectivity index (χ4n) is 2.70. The van der Waals surface area contributed by atoms with Gasteiger partial charge in [-0.2, -0.15) is 15.0 Å². The van der Waals surface area contributed by atoms with Gasteiger partial charge in [0.1, 0.15) is 5.82 Å². The minimum atomic E-state index is -0.485. The molecule has 1 aliphatic rings. The molecule has 4 heterocycles. The largest absolute Gasteiger partial charge is 0.378 e. The van der Waals surface area contributed by atoms with Crippen molar-refractivity contribution in [1.29, 1.82) is 0 Å². The van der Waals surface area contributed by atoms with Gasteiger partial charge in [-0.05, 0) is 13.8 Å². The Labute approximate surface area is 170 Å². The number of nitrogens with zero attached hydrogens (tertiary/aromatic N) is 7. The monoisotopic (exact) mass is 417 g/mol. The van der Waals surface area contributed by atoms with Crippen LogP contribution in [0.15, 0.2) is 18.6 Å². The third kappa shape index (κ3) is 4.90. The maximum absolute atomic E-state index is 13.1. The number of halogens is 1. The zero-order chi connectivity index (χ0) is 20.2. The number of aryl methyl sites for hydroxylation is 1. The van der Waals surface area contributed by atoms with Gasteiger partial charge in [0.15, 0.2) is 10.9 Å². The lowest BCUT2D eigenvalue weighted by Crippen LogP contribution is -2.37. The van der Waals surface area contributed by atoms with Crippen LogP contribution in [0, 0.1) is 12.7 Å². The predicted octanol–water partition coefficient (Wildman–Crippen LogP) is 2.32. The van der Waals surface area contributed by atoms with Crippen LogP contribution in [0.3, 0.4) is 0 Å². The summed E-state index contributed by atoms with van der Waals surface area (Å²) in [4.78, 5) is 29.0. The summed E-state index contributed by atoms with van der Waals surface area (Å²) in [6.07, 6.45) is 4.04. The fourth-order valence-corrected chi connectivity index (χ4v) is 3.36. The van der Waals surface area contributed by atoms with E-state index in [4.69, 9.17) is 4.74 Å². The van der Waals surface area contributed by atoms with Gasteiger partial charge in [-0.1, -0.05) is 0 Å². The third-order valence-electron chi connectivity index (χ3n) is 4.13. The van der Waals surface area contributed by atoms with Crippen molar-refractivity contribution in [3.8, 4) is 0 Å². The number of morpholine rings is 1. The number of rotatable bonds is 6. The molecule has 3 aromatic rings. The summed E-state index contributed by atoms with van der Waals surface area (Å²) in [7, 11) is 0. The highest BCUT2D eigenvalue weighted by atomic mass is 32.1. The Morgan fingerprint density at radius 3 is 2.48 bits per heavy atom. The molecule has 12 heteroatoms. The Bertz CT molecular complexity index is 962. The van der Waals surface area contributed by atoms with Crippen molar-refractivity contribution in [2.45, 2.75) is 19.9 Å². The van der Waals surface area contributed by atoms with E-state index in [1.165, 1.54) is 11.3 Å². The molecule has 0 aliphatic carbocycles. The average Bonchev–Trinajstić information content (AvgIpc) is 3.13. The van der Waals surface area contributed by atoms with Crippen LogP contribution in [0.5, 0.6) is 0 Å². The van der Waals surface area contributed by atoms with Crippen LogP contribution < -0.4 is 15.5 Å². The molecule has 1 fully saturated rings. The van der Waals surface area contributed by atoms with E-state index in [0.717, 1.165) is 17.3 Å². The van der Waals surface area contributed by atoms with Crippen molar-refractivity contribution in [3.63, 3.8) is 0 Å². The number of hydrogen-bond acceptors (Lipinski definition) is 11. The smallest absolute Gasteiger partial charge is 0.235 e. The van der Waals surface area contributed by atoms with E-state index in [1.54, 1.807) is 6.20 Å². The van der Waals surface area contributed by atoms with Gasteiger partial charge in [0.25, 0.3) is 0 Å². The topological polar surface area (TPSA) is 114 Å². The summed E-state index contributed by atoms with van der Waals surface area (Å²) in [5, 5.41) is 6.99. The number of ether oxygens (including phenoxy) is 1. The van der Waals surface area contributed by atoms with Crippen LogP contribution in [0.2, 0.25) is 0 Å². The van der Waals surface area contributed by atoms with Gasteiger partial charge in [-0.3, -0.25) is 5.32 Å². The second-order valence-electron chi connectivity index (χ2n) is 6.41. The molecular formula is C17H20FN9OS. The first-order chi connectivity index (χ1) is 14.1. The summed E-state index contributed by atoms with van der Waals surface area (Å²) in [5.41, 5.74) is 0. The van der Waals surface area contributed by atoms with Crippen molar-refractivity contribution in [2.75, 3.05) is 41.8 Å². The van der Waals surface area contributed by atoms with Gasteiger partial charge in [-0.15, -0.1) is 11.3 Å². The summed E-state index contributed by atoms with van der Waals surface area (Å²) in [6, 6.07) is -0.328. The maximum atomic E-state index is 13.1. The van der Waals surface area contributed by atoms with E-state index in [1.807, 2.05) is 18.7 Å². The Kier molecular flexibility index (Phi) is 5.71. The highest BCUT2D eigenvalue weighted by Gasteiger charge is 2.19. The van der Waals surface area contributed by atoms with Gasteiger partial charge in [0.2, 0.25) is 17.8 Å². The predicted molar refractivity (Wildman–Crippen MR) is 107 cm³/mol. The molecule has 10 nitrogen and oxygen atoms in total. The van der Waals surface area contributed by atoms with E-state index in [-0.39, 0.29) is 6.04 Å². The molecule has 1 saturated heterocycles. The van der Waals surface area contributed by atoms with Crippen LogP contribution >= 0.6 is 11.3 Å². The van der Waals surface area contributed by atoms with E-state index >= 15 is 0 Å². The molecule has 0 aromatic carbocycles. The number of hydrogen-bond donors (Lipinski definition) is 2. The minimum absolute atomic E-state index is 0.328. The molecule has 0 spiro atoms. The van der Waals surface area contributed by atoms with Crippen molar-refractivity contribution in [2.24, 2.45) is 0 Å². The molecule has 1 unspecified atom stereocenters. The van der Waals surface area contributed by atoms with Crippen LogP contribution in [0.4, 0.5) is 27.4 Å². The van der Waals surface area contributed by atoms with Gasteiger partial charge in [0, 0.05) is 24.2 Å². The maximum Gasteiger partial charge on any atom is 0.235 e. The van der Waals surface area contributed by atoms with E-state index in [2.05, 4.69) is 40.5 Å². The van der Waals surface area contributed by atoms with E-state index < -0.39 is 5.82 Å². The molecule has 152 valence electrons. The van der Waals surface area contributed by atoms with Crippen molar-refractivity contribution in [3.05, 3.63) is 35.1 Å². The van der Waals surface area contributed by atoms with E-state index in [9.17, 15) is 4.39 Å². The standard InChI is InChI=1S/C17H20FN9OS/c1-10-7-21-17(29-10)26-15-23-14(22-11(2)13-19-8-12(18)9-20-13)24-16(25-15)27-3-5-28-6-4-27/h7-9,11H,3-6H2,1-2H3,(H2,21,22,23,24,25,26). The number of nitrogens with one attached hydrogen (secondary N) is 2. The van der Waals surface area contributed by atoms with Crippen LogP contribution in [-0.2, 0) is 4.74 Å². The van der Waals surface area contributed by atoms with E-state index in [0.29, 0.717) is 55.1 Å². The molecule has 0 radical (unpaired) electrons. The fraction of sp³-hybridized carbons (Fsp3) is 0.412. The lowest BCUT2D eigenvalue weighted by Gasteiger charge is -2.27. The first-order valence-corrected chi connectivity index (χ1v) is 9.90. The molecule has 1 atom stereocenters. The van der Waals surface area contributed by atoms with Gasteiger partial charge in [-0.25, -0.2) is 19.3 Å². The molecule has 29 heavy (non-hydrogen) atoms. The summed E-state index contributed by atoms with van der Waals surface area (Å²) < 4.78 is 18.5. The Morgan fingerprint density at radius 2 is 1.79 bits per heavy atom. The molecule has 0 bridgehead atoms. The first kappa shape index (κ1) is 19.3. The van der Waals surface area contributed by atoms with Crippen molar-refractivity contribution >= 4 is 34.3 Å². The number of aromatic nitrogens is 6. The Balaban J connectivity index is 1.60. The van der Waals surface area contributed by atoms with Crippen molar-refractivity contribution < 1.29 is 9.13 Å². The molecule has 1 aliphatic heterocycles. The molecule has 0 saturated carbocycles. The quantitative estimate of drug-likeness (QED) is 0.619. The molecule has 0 amide bonds. The minimum Gasteiger partial charge on any atom is -0.378 e. The average molecular weight is 417 g/mol. The highest BCUT2D eigenvalue weighted by molar-refractivity contribution is 7.15. The SMILES string of the molecule is Cc1cnc(Nc2nc(NC(C)c3ncc(F)cn3)nc(N3CCOCC3)n2)s1. The summed E-state index contributed by atoms with van der Waals surface area (Å²) >= 11 is 1.51. The zero-order valence-electron chi connectivity index (χ0n) is 16.0. The number of thiazole rings is 1. The normalized spacial score (nSPS) is 15.2. The van der Waals surface area contributed by atoms with Crippen LogP contribution in [0.1, 0.15) is 23.7 Å². The highest BCUT2D eigenvalue weighted by Crippen LogP contribution is 2.23. The Hall–Kier alpha value is -2.99. The van der Waals surface area contributed by atoms with Crippen molar-refractivity contribution in [1.82, 2.24) is 29.9 Å². The Morgan fingerprint density at radius 1 is 1.07 bits per heavy atom. The first-order valence-electron chi connectivity index (χ1n) is 9.09. The lowest BCUT2D eigenvalue weighted by molar-refractivity contribution is 0.122.